The minimum Gasteiger partial charge on any atom is -0.358 e. The Morgan fingerprint density at radius 2 is 1.55 bits per heavy atom. The number of amides is 3. The van der Waals surface area contributed by atoms with Crippen LogP contribution < -0.4 is 16.0 Å². The summed E-state index contributed by atoms with van der Waals surface area (Å²) in [6, 6.07) is 21.9. The fourth-order valence-electron chi connectivity index (χ4n) is 3.54. The van der Waals surface area contributed by atoms with Crippen molar-refractivity contribution >= 4 is 40.7 Å². The molecule has 7 nitrogen and oxygen atoms in total. The third kappa shape index (κ3) is 5.70. The van der Waals surface area contributed by atoms with Crippen LogP contribution in [-0.4, -0.2) is 42.8 Å². The average Bonchev–Trinajstić information content (AvgIpc) is 3.26. The molecule has 0 radical (unpaired) electrons. The number of hydrogen-bond donors (Lipinski definition) is 3. The highest BCUT2D eigenvalue weighted by Crippen LogP contribution is 2.19. The lowest BCUT2D eigenvalue weighted by Gasteiger charge is -2.20. The van der Waals surface area contributed by atoms with E-state index < -0.39 is 12.1 Å². The largest absolute Gasteiger partial charge is 0.358 e. The molecule has 168 valence electrons. The minimum atomic E-state index is -0.886. The second kappa shape index (κ2) is 10.2. The number of amidine groups is 1. The Morgan fingerprint density at radius 3 is 2.18 bits per heavy atom. The number of anilines is 2. The van der Waals surface area contributed by atoms with E-state index in [9.17, 15) is 9.59 Å². The van der Waals surface area contributed by atoms with Gasteiger partial charge in [0.05, 0.1) is 6.54 Å². The molecule has 0 aliphatic carbocycles. The van der Waals surface area contributed by atoms with Crippen molar-refractivity contribution in [2.24, 2.45) is 4.99 Å². The molecule has 3 aromatic rings. The van der Waals surface area contributed by atoms with Crippen molar-refractivity contribution in [1.82, 2.24) is 10.2 Å². The molecule has 1 aliphatic rings. The summed E-state index contributed by atoms with van der Waals surface area (Å²) in [6.07, 6.45) is 0. The molecule has 1 aliphatic heterocycles. The summed E-state index contributed by atoms with van der Waals surface area (Å²) in [4.78, 5) is 32.4. The van der Waals surface area contributed by atoms with E-state index in [1.165, 1.54) is 0 Å². The van der Waals surface area contributed by atoms with Gasteiger partial charge in [0.1, 0.15) is 11.9 Å². The molecule has 0 bridgehead atoms. The maximum absolute atomic E-state index is 13.1. The summed E-state index contributed by atoms with van der Waals surface area (Å²) in [6.45, 7) is 1.68. The maximum atomic E-state index is 13.1. The van der Waals surface area contributed by atoms with Crippen molar-refractivity contribution < 1.29 is 9.59 Å². The lowest BCUT2D eigenvalue weighted by Crippen LogP contribution is -2.39. The van der Waals surface area contributed by atoms with Crippen molar-refractivity contribution in [3.63, 3.8) is 0 Å². The average molecular weight is 462 g/mol. The number of nitrogens with zero attached hydrogens (tertiary/aromatic N) is 2. The van der Waals surface area contributed by atoms with Gasteiger partial charge >= 0.3 is 6.03 Å². The van der Waals surface area contributed by atoms with Crippen molar-refractivity contribution in [2.45, 2.75) is 6.04 Å². The Balaban J connectivity index is 1.47. The molecule has 1 unspecified atom stereocenters. The molecule has 33 heavy (non-hydrogen) atoms. The molecule has 3 N–H and O–H groups in total. The summed E-state index contributed by atoms with van der Waals surface area (Å²) < 4.78 is 0. The number of likely N-dealkylation sites (N-methyl/N-ethyl adjacent to an activating group) is 1. The monoisotopic (exact) mass is 461 g/mol. The maximum Gasteiger partial charge on any atom is 0.320 e. The molecular formula is C25H24ClN5O2. The third-order valence-corrected chi connectivity index (χ3v) is 5.49. The van der Waals surface area contributed by atoms with Crippen molar-refractivity contribution in [3.8, 4) is 0 Å². The Bertz CT molecular complexity index is 1150. The smallest absolute Gasteiger partial charge is 0.320 e. The molecule has 0 saturated heterocycles. The zero-order valence-corrected chi connectivity index (χ0v) is 18.8. The number of aliphatic imine (C=N–C) groups is 1. The van der Waals surface area contributed by atoms with Gasteiger partial charge in [-0.15, -0.1) is 0 Å². The molecule has 1 atom stereocenters. The van der Waals surface area contributed by atoms with Gasteiger partial charge in [-0.2, -0.15) is 0 Å². The highest BCUT2D eigenvalue weighted by molar-refractivity contribution is 6.30. The van der Waals surface area contributed by atoms with Crippen LogP contribution in [0.1, 0.15) is 17.2 Å². The number of carbonyl (C=O) groups excluding carboxylic acids is 2. The van der Waals surface area contributed by atoms with Gasteiger partial charge < -0.3 is 20.9 Å². The molecule has 0 aromatic heterocycles. The number of halogens is 1. The van der Waals surface area contributed by atoms with Gasteiger partial charge in [-0.25, -0.2) is 4.79 Å². The quantitative estimate of drug-likeness (QED) is 0.504. The fraction of sp³-hybridized carbons (Fsp3) is 0.160. The number of benzene rings is 3. The van der Waals surface area contributed by atoms with E-state index in [2.05, 4.69) is 25.8 Å². The van der Waals surface area contributed by atoms with Crippen LogP contribution in [0.4, 0.5) is 16.2 Å². The molecule has 1 heterocycles. The lowest BCUT2D eigenvalue weighted by atomic mass is 10.1. The lowest BCUT2D eigenvalue weighted by molar-refractivity contribution is -0.118. The Labute approximate surface area is 197 Å². The second-order valence-corrected chi connectivity index (χ2v) is 8.08. The number of carbonyl (C=O) groups is 2. The molecule has 3 aromatic carbocycles. The third-order valence-electron chi connectivity index (χ3n) is 5.24. The van der Waals surface area contributed by atoms with E-state index in [-0.39, 0.29) is 5.91 Å². The van der Waals surface area contributed by atoms with E-state index in [4.69, 9.17) is 11.6 Å². The molecular weight excluding hydrogens is 438 g/mol. The normalized spacial score (nSPS) is 13.8. The van der Waals surface area contributed by atoms with Crippen LogP contribution in [0.3, 0.4) is 0 Å². The summed E-state index contributed by atoms with van der Waals surface area (Å²) in [5.41, 5.74) is 2.86. The van der Waals surface area contributed by atoms with Crippen molar-refractivity contribution in [2.75, 3.05) is 30.8 Å². The standard InChI is InChI=1S/C25H24ClN5O2/c1-31-16-15-27-23(31)18-7-11-20(12-8-18)28-24(32)22(17-5-3-2-4-6-17)30-25(33)29-21-13-9-19(26)10-14-21/h2-14,22H,15-16H2,1H3,(H,28,32)(H2,29,30,33). The summed E-state index contributed by atoms with van der Waals surface area (Å²) in [5, 5.41) is 8.95. The SMILES string of the molecule is CN1CCN=C1c1ccc(NC(=O)C(NC(=O)Nc2ccc(Cl)cc2)c2ccccc2)cc1. The Kier molecular flexibility index (Phi) is 6.90. The van der Waals surface area contributed by atoms with Crippen LogP contribution in [0.5, 0.6) is 0 Å². The first-order chi connectivity index (χ1) is 16.0. The molecule has 4 rings (SSSR count). The molecule has 0 saturated carbocycles. The predicted octanol–water partition coefficient (Wildman–Crippen LogP) is 4.53. The van der Waals surface area contributed by atoms with E-state index in [1.54, 1.807) is 36.4 Å². The first-order valence-corrected chi connectivity index (χ1v) is 10.9. The van der Waals surface area contributed by atoms with Crippen LogP contribution in [0.25, 0.3) is 0 Å². The number of urea groups is 1. The number of rotatable bonds is 6. The Hall–Kier alpha value is -3.84. The van der Waals surface area contributed by atoms with Gasteiger partial charge in [0.2, 0.25) is 0 Å². The zero-order valence-electron chi connectivity index (χ0n) is 18.1. The van der Waals surface area contributed by atoms with Gasteiger partial charge in [-0.3, -0.25) is 9.79 Å². The molecule has 3 amide bonds. The van der Waals surface area contributed by atoms with E-state index in [0.717, 1.165) is 24.5 Å². The van der Waals surface area contributed by atoms with Crippen molar-refractivity contribution in [1.29, 1.82) is 0 Å². The van der Waals surface area contributed by atoms with Gasteiger partial charge in [0.15, 0.2) is 0 Å². The van der Waals surface area contributed by atoms with Crippen LogP contribution >= 0.6 is 11.6 Å². The number of nitrogens with one attached hydrogen (secondary N) is 3. The Morgan fingerprint density at radius 1 is 0.909 bits per heavy atom. The molecule has 0 fully saturated rings. The summed E-state index contributed by atoms with van der Waals surface area (Å²) >= 11 is 5.89. The highest BCUT2D eigenvalue weighted by Gasteiger charge is 2.23. The van der Waals surface area contributed by atoms with Crippen LogP contribution in [0.2, 0.25) is 5.02 Å². The molecule has 8 heteroatoms. The topological polar surface area (TPSA) is 85.8 Å². The summed E-state index contributed by atoms with van der Waals surface area (Å²) in [7, 11) is 2.01. The van der Waals surface area contributed by atoms with E-state index in [0.29, 0.717) is 22.0 Å². The van der Waals surface area contributed by atoms with E-state index >= 15 is 0 Å². The summed E-state index contributed by atoms with van der Waals surface area (Å²) in [5.74, 6) is 0.589. The minimum absolute atomic E-state index is 0.351. The molecule has 0 spiro atoms. The fourth-order valence-corrected chi connectivity index (χ4v) is 3.66. The predicted molar refractivity (Wildman–Crippen MR) is 132 cm³/mol. The van der Waals surface area contributed by atoms with Crippen LogP contribution in [0.15, 0.2) is 83.9 Å². The van der Waals surface area contributed by atoms with Gasteiger partial charge in [-0.1, -0.05) is 41.9 Å². The van der Waals surface area contributed by atoms with Gasteiger partial charge in [-0.05, 0) is 54.1 Å². The number of hydrogen-bond acceptors (Lipinski definition) is 4. The second-order valence-electron chi connectivity index (χ2n) is 7.64. The zero-order chi connectivity index (χ0) is 23.2. The van der Waals surface area contributed by atoms with Gasteiger partial charge in [0.25, 0.3) is 5.91 Å². The van der Waals surface area contributed by atoms with Gasteiger partial charge in [0, 0.05) is 35.6 Å². The first kappa shape index (κ1) is 22.4. The van der Waals surface area contributed by atoms with Crippen molar-refractivity contribution in [3.05, 3.63) is 95.0 Å². The van der Waals surface area contributed by atoms with Crippen LogP contribution in [-0.2, 0) is 4.79 Å². The van der Waals surface area contributed by atoms with Crippen LogP contribution in [0, 0.1) is 0 Å². The highest BCUT2D eigenvalue weighted by atomic mass is 35.5. The van der Waals surface area contributed by atoms with E-state index in [1.807, 2.05) is 49.5 Å². The first-order valence-electron chi connectivity index (χ1n) is 10.5.